The van der Waals surface area contributed by atoms with Crippen molar-refractivity contribution >= 4 is 34.8 Å². The summed E-state index contributed by atoms with van der Waals surface area (Å²) in [4.78, 5) is 0. The van der Waals surface area contributed by atoms with Gasteiger partial charge in [-0.15, -0.1) is 16.7 Å². The maximum absolute atomic E-state index is 6.09. The number of nitrogens with zero attached hydrogens (tertiary/aromatic N) is 3. The third-order valence-corrected chi connectivity index (χ3v) is 3.27. The Morgan fingerprint density at radius 2 is 1.88 bits per heavy atom. The predicted molar refractivity (Wildman–Crippen MR) is 70.3 cm³/mol. The first-order valence-electron chi connectivity index (χ1n) is 5.13. The van der Waals surface area contributed by atoms with Crippen LogP contribution >= 0.6 is 34.8 Å². The summed E-state index contributed by atoms with van der Waals surface area (Å²) in [7, 11) is 0. The lowest BCUT2D eigenvalue weighted by Crippen LogP contribution is -1.94. The van der Waals surface area contributed by atoms with Crippen LogP contribution in [-0.4, -0.2) is 15.0 Å². The quantitative estimate of drug-likeness (QED) is 0.791. The molecule has 2 rings (SSSR count). The van der Waals surface area contributed by atoms with E-state index in [0.29, 0.717) is 10.0 Å². The molecule has 0 saturated carbocycles. The van der Waals surface area contributed by atoms with Gasteiger partial charge in [0.25, 0.3) is 0 Å². The second-order valence-corrected chi connectivity index (χ2v) is 4.99. The van der Waals surface area contributed by atoms with Crippen LogP contribution in [-0.2, 0) is 0 Å². The first-order valence-corrected chi connectivity index (χ1v) is 6.32. The molecule has 1 aromatic carbocycles. The maximum Gasteiger partial charge on any atom is 0.101 e. The number of hydrogen-bond acceptors (Lipinski definition) is 2. The van der Waals surface area contributed by atoms with Crippen molar-refractivity contribution in [2.45, 2.75) is 18.7 Å². The van der Waals surface area contributed by atoms with E-state index in [0.717, 1.165) is 17.8 Å². The number of halogens is 3. The van der Waals surface area contributed by atoms with Crippen LogP contribution in [0, 0.1) is 0 Å². The normalized spacial score (nSPS) is 12.7. The standard InChI is InChI=1S/C11H10Cl3N3/c1-2-10(14)11-6-17(16-15-11)9-4-7(12)3-8(13)5-9/h3-6,10H,2H2,1H3. The van der Waals surface area contributed by atoms with Crippen LogP contribution in [0.1, 0.15) is 24.4 Å². The summed E-state index contributed by atoms with van der Waals surface area (Å²) in [6, 6.07) is 5.20. The average Bonchev–Trinajstić information content (AvgIpc) is 2.76. The molecule has 0 fully saturated rings. The van der Waals surface area contributed by atoms with Gasteiger partial charge in [0.15, 0.2) is 0 Å². The van der Waals surface area contributed by atoms with Crippen LogP contribution in [0.15, 0.2) is 24.4 Å². The number of alkyl halides is 1. The zero-order valence-electron chi connectivity index (χ0n) is 9.07. The van der Waals surface area contributed by atoms with Gasteiger partial charge in [0.05, 0.1) is 17.3 Å². The predicted octanol–water partition coefficient (Wildman–Crippen LogP) is 4.26. The van der Waals surface area contributed by atoms with Crippen molar-refractivity contribution in [2.24, 2.45) is 0 Å². The van der Waals surface area contributed by atoms with Crippen molar-refractivity contribution in [2.75, 3.05) is 0 Å². The van der Waals surface area contributed by atoms with Crippen LogP contribution < -0.4 is 0 Å². The second-order valence-electron chi connectivity index (χ2n) is 3.59. The van der Waals surface area contributed by atoms with Crippen molar-refractivity contribution in [1.82, 2.24) is 15.0 Å². The van der Waals surface area contributed by atoms with E-state index in [9.17, 15) is 0 Å². The van der Waals surface area contributed by atoms with E-state index in [-0.39, 0.29) is 5.38 Å². The van der Waals surface area contributed by atoms with Crippen molar-refractivity contribution in [3.05, 3.63) is 40.1 Å². The average molecular weight is 291 g/mol. The summed E-state index contributed by atoms with van der Waals surface area (Å²) in [5, 5.41) is 9.01. The summed E-state index contributed by atoms with van der Waals surface area (Å²) >= 11 is 17.9. The molecule has 0 saturated heterocycles. The van der Waals surface area contributed by atoms with Crippen LogP contribution in [0.3, 0.4) is 0 Å². The zero-order valence-corrected chi connectivity index (χ0v) is 11.3. The largest absolute Gasteiger partial charge is 0.220 e. The van der Waals surface area contributed by atoms with Crippen LogP contribution in [0.5, 0.6) is 0 Å². The summed E-state index contributed by atoms with van der Waals surface area (Å²) in [5.74, 6) is 0. The second kappa shape index (κ2) is 5.25. The Kier molecular flexibility index (Phi) is 3.92. The van der Waals surface area contributed by atoms with Gasteiger partial charge < -0.3 is 0 Å². The van der Waals surface area contributed by atoms with Crippen LogP contribution in [0.25, 0.3) is 5.69 Å². The summed E-state index contributed by atoms with van der Waals surface area (Å²) in [5.41, 5.74) is 1.51. The van der Waals surface area contributed by atoms with Gasteiger partial charge in [0.2, 0.25) is 0 Å². The Hall–Kier alpha value is -0.770. The Morgan fingerprint density at radius 3 is 2.47 bits per heavy atom. The fraction of sp³-hybridized carbons (Fsp3) is 0.273. The van der Waals surface area contributed by atoms with Gasteiger partial charge in [-0.3, -0.25) is 0 Å². The highest BCUT2D eigenvalue weighted by atomic mass is 35.5. The fourth-order valence-electron chi connectivity index (χ4n) is 1.43. The maximum atomic E-state index is 6.09. The lowest BCUT2D eigenvalue weighted by atomic mass is 10.2. The first-order chi connectivity index (χ1) is 8.10. The van der Waals surface area contributed by atoms with E-state index in [1.54, 1.807) is 29.1 Å². The number of aromatic nitrogens is 3. The van der Waals surface area contributed by atoms with E-state index in [4.69, 9.17) is 34.8 Å². The minimum absolute atomic E-state index is 0.126. The van der Waals surface area contributed by atoms with Crippen molar-refractivity contribution in [3.63, 3.8) is 0 Å². The van der Waals surface area contributed by atoms with E-state index in [1.165, 1.54) is 0 Å². The van der Waals surface area contributed by atoms with Gasteiger partial charge in [-0.25, -0.2) is 4.68 Å². The minimum Gasteiger partial charge on any atom is -0.220 e. The molecule has 0 amide bonds. The van der Waals surface area contributed by atoms with Gasteiger partial charge >= 0.3 is 0 Å². The molecule has 1 aromatic heterocycles. The summed E-state index contributed by atoms with van der Waals surface area (Å²) in [6.07, 6.45) is 2.58. The SMILES string of the molecule is CCC(Cl)c1cn(-c2cc(Cl)cc(Cl)c2)nn1. The zero-order chi connectivity index (χ0) is 12.4. The number of hydrogen-bond donors (Lipinski definition) is 0. The van der Waals surface area contributed by atoms with Gasteiger partial charge in [-0.2, -0.15) is 0 Å². The fourth-order valence-corrected chi connectivity index (χ4v) is 2.04. The molecule has 17 heavy (non-hydrogen) atoms. The molecule has 1 heterocycles. The molecule has 90 valence electrons. The van der Waals surface area contributed by atoms with Crippen molar-refractivity contribution < 1.29 is 0 Å². The molecular formula is C11H10Cl3N3. The number of benzene rings is 1. The van der Waals surface area contributed by atoms with Crippen molar-refractivity contribution in [3.8, 4) is 5.69 Å². The first kappa shape index (κ1) is 12.7. The monoisotopic (exact) mass is 289 g/mol. The Morgan fingerprint density at radius 1 is 1.24 bits per heavy atom. The third kappa shape index (κ3) is 2.92. The van der Waals surface area contributed by atoms with Crippen LogP contribution in [0.2, 0.25) is 10.0 Å². The van der Waals surface area contributed by atoms with E-state index < -0.39 is 0 Å². The Labute approximate surface area is 114 Å². The third-order valence-electron chi connectivity index (χ3n) is 2.30. The van der Waals surface area contributed by atoms with Gasteiger partial charge in [-0.05, 0) is 24.6 Å². The number of rotatable bonds is 3. The van der Waals surface area contributed by atoms with Gasteiger partial charge in [0, 0.05) is 10.0 Å². The van der Waals surface area contributed by atoms with Gasteiger partial charge in [-0.1, -0.05) is 35.3 Å². The Bertz CT molecular complexity index is 504. The highest BCUT2D eigenvalue weighted by Gasteiger charge is 2.11. The molecule has 0 aliphatic heterocycles. The molecule has 0 aliphatic rings. The smallest absolute Gasteiger partial charge is 0.101 e. The van der Waals surface area contributed by atoms with Crippen LogP contribution in [0.4, 0.5) is 0 Å². The molecule has 0 radical (unpaired) electrons. The van der Waals surface area contributed by atoms with E-state index >= 15 is 0 Å². The summed E-state index contributed by atoms with van der Waals surface area (Å²) in [6.45, 7) is 1.99. The van der Waals surface area contributed by atoms with E-state index in [1.807, 2.05) is 6.92 Å². The Balaban J connectivity index is 2.36. The molecule has 1 atom stereocenters. The molecular weight excluding hydrogens is 281 g/mol. The molecule has 0 bridgehead atoms. The molecule has 0 N–H and O–H groups in total. The highest BCUT2D eigenvalue weighted by molar-refractivity contribution is 6.34. The molecule has 1 unspecified atom stereocenters. The lowest BCUT2D eigenvalue weighted by Gasteiger charge is -2.02. The topological polar surface area (TPSA) is 30.7 Å². The summed E-state index contributed by atoms with van der Waals surface area (Å²) < 4.78 is 1.61. The van der Waals surface area contributed by atoms with Crippen molar-refractivity contribution in [1.29, 1.82) is 0 Å². The lowest BCUT2D eigenvalue weighted by molar-refractivity contribution is 0.786. The van der Waals surface area contributed by atoms with E-state index in [2.05, 4.69) is 10.3 Å². The molecule has 3 nitrogen and oxygen atoms in total. The van der Waals surface area contributed by atoms with Gasteiger partial charge in [0.1, 0.15) is 5.69 Å². The molecule has 0 aliphatic carbocycles. The minimum atomic E-state index is -0.126. The molecule has 2 aromatic rings. The molecule has 6 heteroatoms. The molecule has 0 spiro atoms. The highest BCUT2D eigenvalue weighted by Crippen LogP contribution is 2.24.